The summed E-state index contributed by atoms with van der Waals surface area (Å²) in [5.41, 5.74) is 1.33. The zero-order valence-corrected chi connectivity index (χ0v) is 18.3. The monoisotopic (exact) mass is 506 g/mol. The largest absolute Gasteiger partial charge is 0.371 e. The topological polar surface area (TPSA) is 30.9 Å². The summed E-state index contributed by atoms with van der Waals surface area (Å²) < 4.78 is 1.14. The van der Waals surface area contributed by atoms with Crippen LogP contribution in [0, 0.1) is 5.92 Å². The number of rotatable bonds is 4. The van der Waals surface area contributed by atoms with E-state index in [0.717, 1.165) is 49.7 Å². The summed E-state index contributed by atoms with van der Waals surface area (Å²) in [4.78, 5) is 9.81. The molecule has 0 amide bonds. The van der Waals surface area contributed by atoms with Gasteiger partial charge in [-0.15, -0.1) is 24.0 Å². The number of halogens is 2. The average Bonchev–Trinajstić information content (AvgIpc) is 3.24. The highest BCUT2D eigenvalue weighted by molar-refractivity contribution is 14.0. The van der Waals surface area contributed by atoms with E-state index in [9.17, 15) is 0 Å². The van der Waals surface area contributed by atoms with E-state index >= 15 is 0 Å². The quantitative estimate of drug-likeness (QED) is 0.381. The number of likely N-dealkylation sites (tertiary alicyclic amines) is 1. The molecule has 1 N–H and O–H groups in total. The van der Waals surface area contributed by atoms with E-state index in [2.05, 4.69) is 62.2 Å². The Morgan fingerprint density at radius 1 is 1.21 bits per heavy atom. The van der Waals surface area contributed by atoms with Crippen LogP contribution >= 0.6 is 39.9 Å². The van der Waals surface area contributed by atoms with Crippen LogP contribution < -0.4 is 10.2 Å². The molecule has 134 valence electrons. The number of hydrogen-bond acceptors (Lipinski definition) is 2. The van der Waals surface area contributed by atoms with Crippen molar-refractivity contribution in [3.05, 3.63) is 28.7 Å². The summed E-state index contributed by atoms with van der Waals surface area (Å²) in [6.45, 7) is 8.60. The van der Waals surface area contributed by atoms with Gasteiger partial charge in [-0.05, 0) is 56.4 Å². The van der Waals surface area contributed by atoms with Crippen molar-refractivity contribution in [3.8, 4) is 0 Å². The zero-order valence-electron chi connectivity index (χ0n) is 14.4. The molecule has 1 aromatic carbocycles. The SMILES string of the molecule is CCNC(=NCC1CCN(c2ccc(Br)cc2)C1)N1CCCC1.I. The maximum Gasteiger partial charge on any atom is 0.193 e. The molecule has 2 aliphatic heterocycles. The van der Waals surface area contributed by atoms with Crippen molar-refractivity contribution in [3.63, 3.8) is 0 Å². The van der Waals surface area contributed by atoms with Crippen molar-refractivity contribution in [2.24, 2.45) is 10.9 Å². The van der Waals surface area contributed by atoms with E-state index in [1.807, 2.05) is 0 Å². The van der Waals surface area contributed by atoms with Crippen LogP contribution in [0.25, 0.3) is 0 Å². The normalized spacial score (nSPS) is 21.1. The first-order valence-electron chi connectivity index (χ1n) is 8.80. The second-order valence-electron chi connectivity index (χ2n) is 6.47. The van der Waals surface area contributed by atoms with Crippen molar-refractivity contribution in [1.82, 2.24) is 10.2 Å². The summed E-state index contributed by atoms with van der Waals surface area (Å²) in [7, 11) is 0. The van der Waals surface area contributed by atoms with E-state index < -0.39 is 0 Å². The molecule has 0 radical (unpaired) electrons. The molecule has 24 heavy (non-hydrogen) atoms. The molecule has 2 aliphatic rings. The molecule has 2 saturated heterocycles. The highest BCUT2D eigenvalue weighted by Gasteiger charge is 2.23. The van der Waals surface area contributed by atoms with Gasteiger partial charge in [-0.1, -0.05) is 15.9 Å². The minimum Gasteiger partial charge on any atom is -0.371 e. The molecule has 2 heterocycles. The standard InChI is InChI=1S/C18H27BrN4.HI/c1-2-20-18(22-10-3-4-11-22)21-13-15-9-12-23(14-15)17-7-5-16(19)6-8-17;/h5-8,15H,2-4,9-14H2,1H3,(H,20,21);1H. The predicted octanol–water partition coefficient (Wildman–Crippen LogP) is 3.95. The number of nitrogens with one attached hydrogen (secondary N) is 1. The Labute approximate surface area is 171 Å². The Kier molecular flexibility index (Phi) is 8.13. The van der Waals surface area contributed by atoms with Crippen LogP contribution in [0.2, 0.25) is 0 Å². The Morgan fingerprint density at radius 3 is 2.58 bits per heavy atom. The van der Waals surface area contributed by atoms with Crippen molar-refractivity contribution >= 4 is 51.6 Å². The fourth-order valence-corrected chi connectivity index (χ4v) is 3.70. The smallest absolute Gasteiger partial charge is 0.193 e. The van der Waals surface area contributed by atoms with Crippen LogP contribution in [-0.4, -0.2) is 50.1 Å². The van der Waals surface area contributed by atoms with Crippen LogP contribution in [0.3, 0.4) is 0 Å². The third-order valence-electron chi connectivity index (χ3n) is 4.72. The van der Waals surface area contributed by atoms with Gasteiger partial charge in [-0.3, -0.25) is 4.99 Å². The van der Waals surface area contributed by atoms with Crippen LogP contribution in [0.4, 0.5) is 5.69 Å². The first-order valence-corrected chi connectivity index (χ1v) is 9.59. The van der Waals surface area contributed by atoms with Gasteiger partial charge in [0.15, 0.2) is 5.96 Å². The van der Waals surface area contributed by atoms with Crippen molar-refractivity contribution in [2.45, 2.75) is 26.2 Å². The number of benzene rings is 1. The van der Waals surface area contributed by atoms with Crippen LogP contribution in [0.15, 0.2) is 33.7 Å². The van der Waals surface area contributed by atoms with Gasteiger partial charge in [0.25, 0.3) is 0 Å². The number of aliphatic imine (C=N–C) groups is 1. The lowest BCUT2D eigenvalue weighted by molar-refractivity contribution is 0.488. The molecule has 0 aromatic heterocycles. The minimum atomic E-state index is 0. The van der Waals surface area contributed by atoms with Crippen LogP contribution in [-0.2, 0) is 0 Å². The molecular formula is C18H28BrIN4. The number of anilines is 1. The fourth-order valence-electron chi connectivity index (χ4n) is 3.44. The van der Waals surface area contributed by atoms with Gasteiger partial charge in [0.1, 0.15) is 0 Å². The van der Waals surface area contributed by atoms with E-state index in [1.54, 1.807) is 0 Å². The third-order valence-corrected chi connectivity index (χ3v) is 5.25. The Morgan fingerprint density at radius 2 is 1.92 bits per heavy atom. The van der Waals surface area contributed by atoms with E-state index in [-0.39, 0.29) is 24.0 Å². The number of guanidine groups is 1. The van der Waals surface area contributed by atoms with Gasteiger partial charge >= 0.3 is 0 Å². The highest BCUT2D eigenvalue weighted by Crippen LogP contribution is 2.25. The molecule has 0 saturated carbocycles. The maximum absolute atomic E-state index is 4.92. The Bertz CT molecular complexity index is 528. The minimum absolute atomic E-state index is 0. The molecular weight excluding hydrogens is 479 g/mol. The molecule has 0 spiro atoms. The molecule has 1 aromatic rings. The first-order chi connectivity index (χ1) is 11.3. The van der Waals surface area contributed by atoms with Gasteiger partial charge in [-0.25, -0.2) is 0 Å². The molecule has 1 unspecified atom stereocenters. The molecule has 0 aliphatic carbocycles. The molecule has 0 bridgehead atoms. The van der Waals surface area contributed by atoms with E-state index in [1.165, 1.54) is 24.9 Å². The second kappa shape index (κ2) is 9.85. The van der Waals surface area contributed by atoms with E-state index in [4.69, 9.17) is 4.99 Å². The van der Waals surface area contributed by atoms with Gasteiger partial charge in [-0.2, -0.15) is 0 Å². The van der Waals surface area contributed by atoms with E-state index in [0.29, 0.717) is 5.92 Å². The summed E-state index contributed by atoms with van der Waals surface area (Å²) in [5.74, 6) is 1.78. The van der Waals surface area contributed by atoms with Crippen LogP contribution in [0.5, 0.6) is 0 Å². The fraction of sp³-hybridized carbons (Fsp3) is 0.611. The van der Waals surface area contributed by atoms with Crippen molar-refractivity contribution in [2.75, 3.05) is 44.2 Å². The third kappa shape index (κ3) is 5.25. The summed E-state index contributed by atoms with van der Waals surface area (Å²) in [6, 6.07) is 8.64. The van der Waals surface area contributed by atoms with Gasteiger partial charge < -0.3 is 15.1 Å². The van der Waals surface area contributed by atoms with Gasteiger partial charge in [0.2, 0.25) is 0 Å². The Hall–Kier alpha value is -0.500. The second-order valence-corrected chi connectivity index (χ2v) is 7.38. The Balaban J connectivity index is 0.00000208. The summed E-state index contributed by atoms with van der Waals surface area (Å²) in [6.07, 6.45) is 3.83. The van der Waals surface area contributed by atoms with Crippen molar-refractivity contribution in [1.29, 1.82) is 0 Å². The number of nitrogens with zero attached hydrogens (tertiary/aromatic N) is 3. The molecule has 2 fully saturated rings. The molecule has 1 atom stereocenters. The molecule has 4 nitrogen and oxygen atoms in total. The average molecular weight is 507 g/mol. The lowest BCUT2D eigenvalue weighted by Gasteiger charge is -2.21. The van der Waals surface area contributed by atoms with Crippen molar-refractivity contribution < 1.29 is 0 Å². The van der Waals surface area contributed by atoms with Gasteiger partial charge in [0.05, 0.1) is 0 Å². The lowest BCUT2D eigenvalue weighted by Crippen LogP contribution is -2.40. The molecule has 3 rings (SSSR count). The lowest BCUT2D eigenvalue weighted by atomic mass is 10.1. The predicted molar refractivity (Wildman–Crippen MR) is 117 cm³/mol. The summed E-state index contributed by atoms with van der Waals surface area (Å²) in [5, 5.41) is 3.45. The first kappa shape index (κ1) is 19.8. The van der Waals surface area contributed by atoms with Crippen LogP contribution in [0.1, 0.15) is 26.2 Å². The number of hydrogen-bond donors (Lipinski definition) is 1. The maximum atomic E-state index is 4.92. The summed E-state index contributed by atoms with van der Waals surface area (Å²) >= 11 is 3.51. The van der Waals surface area contributed by atoms with Gasteiger partial charge in [0, 0.05) is 49.4 Å². The highest BCUT2D eigenvalue weighted by atomic mass is 127. The zero-order chi connectivity index (χ0) is 16.1. The molecule has 6 heteroatoms.